The summed E-state index contributed by atoms with van der Waals surface area (Å²) in [4.78, 5) is 0. The Kier molecular flexibility index (Phi) is 6.75. The molecule has 32 heavy (non-hydrogen) atoms. The highest BCUT2D eigenvalue weighted by atomic mass is 28.1. The van der Waals surface area contributed by atoms with Crippen molar-refractivity contribution < 1.29 is 17.9 Å². The largest absolute Gasteiger partial charge is 0.429 e. The van der Waals surface area contributed by atoms with Crippen LogP contribution in [0.1, 0.15) is 48.3 Å². The van der Waals surface area contributed by atoms with Gasteiger partial charge >= 0.3 is 6.11 Å². The van der Waals surface area contributed by atoms with E-state index in [-0.39, 0.29) is 5.75 Å². The van der Waals surface area contributed by atoms with Crippen molar-refractivity contribution in [3.05, 3.63) is 89.2 Å². The van der Waals surface area contributed by atoms with Crippen molar-refractivity contribution in [1.29, 1.82) is 0 Å². The molecular weight excluding hydrogens is 425 g/mol. The van der Waals surface area contributed by atoms with Crippen LogP contribution in [0.5, 0.6) is 5.75 Å². The van der Waals surface area contributed by atoms with Crippen molar-refractivity contribution >= 4 is 10.2 Å². The number of rotatable bonds is 6. The predicted molar refractivity (Wildman–Crippen MR) is 123 cm³/mol. The lowest BCUT2D eigenvalue weighted by Crippen LogP contribution is -2.23. The molecule has 0 heterocycles. The molecule has 0 N–H and O–H groups in total. The van der Waals surface area contributed by atoms with Crippen LogP contribution in [0.2, 0.25) is 6.04 Å². The normalized spacial score (nSPS) is 19.0. The van der Waals surface area contributed by atoms with Gasteiger partial charge in [-0.2, -0.15) is 8.78 Å². The fraction of sp³-hybridized carbons (Fsp3) is 0.333. The molecule has 5 heteroatoms. The van der Waals surface area contributed by atoms with Crippen LogP contribution in [0.25, 0.3) is 11.1 Å². The van der Waals surface area contributed by atoms with E-state index in [1.54, 1.807) is 12.1 Å². The maximum atomic E-state index is 14.7. The van der Waals surface area contributed by atoms with Gasteiger partial charge in [-0.25, -0.2) is 4.39 Å². The summed E-state index contributed by atoms with van der Waals surface area (Å²) in [5.74, 6) is 0.313. The van der Waals surface area contributed by atoms with Crippen LogP contribution in [0.15, 0.2) is 66.7 Å². The number of hydrogen-bond donors (Lipinski definition) is 0. The van der Waals surface area contributed by atoms with Crippen LogP contribution in [-0.4, -0.2) is 10.2 Å². The van der Waals surface area contributed by atoms with Crippen molar-refractivity contribution in [2.45, 2.75) is 50.7 Å². The molecule has 1 fully saturated rings. The summed E-state index contributed by atoms with van der Waals surface area (Å²) >= 11 is 0. The molecule has 4 rings (SSSR count). The first-order valence-electron chi connectivity index (χ1n) is 11.0. The van der Waals surface area contributed by atoms with Gasteiger partial charge in [0.2, 0.25) is 0 Å². The van der Waals surface area contributed by atoms with Gasteiger partial charge in [0.15, 0.2) is 0 Å². The van der Waals surface area contributed by atoms with E-state index < -0.39 is 17.5 Å². The van der Waals surface area contributed by atoms with Gasteiger partial charge in [0.1, 0.15) is 11.6 Å². The Balaban J connectivity index is 1.48. The van der Waals surface area contributed by atoms with E-state index in [0.29, 0.717) is 11.5 Å². The van der Waals surface area contributed by atoms with Crippen molar-refractivity contribution in [1.82, 2.24) is 0 Å². The second kappa shape index (κ2) is 9.53. The molecule has 1 saturated carbocycles. The third-order valence-electron chi connectivity index (χ3n) is 6.40. The van der Waals surface area contributed by atoms with Gasteiger partial charge in [-0.05, 0) is 72.6 Å². The van der Waals surface area contributed by atoms with Crippen LogP contribution >= 0.6 is 0 Å². The molecule has 0 unspecified atom stereocenters. The van der Waals surface area contributed by atoms with E-state index in [1.165, 1.54) is 49.4 Å². The fourth-order valence-electron chi connectivity index (χ4n) is 4.39. The van der Waals surface area contributed by atoms with Gasteiger partial charge in [0.25, 0.3) is 0 Å². The minimum Gasteiger partial charge on any atom is -0.429 e. The summed E-state index contributed by atoms with van der Waals surface area (Å²) in [5.41, 5.74) is 2.80. The summed E-state index contributed by atoms with van der Waals surface area (Å²) in [5, 5.41) is 0. The molecule has 1 aliphatic rings. The predicted octanol–water partition coefficient (Wildman–Crippen LogP) is 7.79. The lowest BCUT2D eigenvalue weighted by Gasteiger charge is -2.28. The summed E-state index contributed by atoms with van der Waals surface area (Å²) in [6.07, 6.45) is 1.03. The van der Waals surface area contributed by atoms with E-state index in [0.717, 1.165) is 35.2 Å². The van der Waals surface area contributed by atoms with Crippen molar-refractivity contribution in [2.24, 2.45) is 5.92 Å². The van der Waals surface area contributed by atoms with Crippen LogP contribution < -0.4 is 4.74 Å². The first kappa shape index (κ1) is 22.7. The van der Waals surface area contributed by atoms with Gasteiger partial charge in [-0.3, -0.25) is 0 Å². The first-order chi connectivity index (χ1) is 15.4. The Morgan fingerprint density at radius 3 is 2.09 bits per heavy atom. The number of hydrogen-bond acceptors (Lipinski definition) is 1. The molecule has 0 atom stereocenters. The average molecular weight is 452 g/mol. The lowest BCUT2D eigenvalue weighted by molar-refractivity contribution is -0.187. The van der Waals surface area contributed by atoms with Crippen molar-refractivity contribution in [2.75, 3.05) is 0 Å². The molecule has 165 valence electrons. The molecule has 1 nitrogen and oxygen atoms in total. The third kappa shape index (κ3) is 5.09. The summed E-state index contributed by atoms with van der Waals surface area (Å²) < 4.78 is 48.6. The Morgan fingerprint density at radius 1 is 0.875 bits per heavy atom. The molecule has 3 aromatic carbocycles. The average Bonchev–Trinajstić information content (AvgIpc) is 2.80. The third-order valence-corrected chi connectivity index (χ3v) is 6.98. The Bertz CT molecular complexity index is 1040. The van der Waals surface area contributed by atoms with E-state index >= 15 is 0 Å². The molecule has 1 aliphatic carbocycles. The van der Waals surface area contributed by atoms with Crippen molar-refractivity contribution in [3.63, 3.8) is 0 Å². The van der Waals surface area contributed by atoms with Crippen LogP contribution in [0, 0.1) is 18.7 Å². The number of aryl methyl sites for hydroxylation is 1. The van der Waals surface area contributed by atoms with Crippen molar-refractivity contribution in [3.8, 4) is 16.9 Å². The Labute approximate surface area is 191 Å². The minimum atomic E-state index is -3.77. The van der Waals surface area contributed by atoms with Gasteiger partial charge in [0, 0.05) is 10.2 Å². The molecule has 0 bridgehead atoms. The van der Waals surface area contributed by atoms with Crippen LogP contribution in [-0.2, 0) is 6.11 Å². The van der Waals surface area contributed by atoms with Gasteiger partial charge < -0.3 is 4.74 Å². The number of benzene rings is 3. The van der Waals surface area contributed by atoms with E-state index in [2.05, 4.69) is 22.4 Å². The van der Waals surface area contributed by atoms with Crippen LogP contribution in [0.4, 0.5) is 13.2 Å². The second-order valence-electron chi connectivity index (χ2n) is 8.67. The Hall–Kier alpha value is -2.53. The molecule has 0 saturated heterocycles. The monoisotopic (exact) mass is 451 g/mol. The summed E-state index contributed by atoms with van der Waals surface area (Å²) in [7, 11) is 3.63. The van der Waals surface area contributed by atoms with Gasteiger partial charge in [-0.15, -0.1) is 0 Å². The quantitative estimate of drug-likeness (QED) is 0.348. The molecule has 0 aromatic heterocycles. The topological polar surface area (TPSA) is 9.23 Å². The molecular formula is C27H26F3OSi. The smallest absolute Gasteiger partial charge is 0.429 e. The Morgan fingerprint density at radius 2 is 1.50 bits per heavy atom. The molecule has 0 aliphatic heterocycles. The molecule has 0 spiro atoms. The maximum absolute atomic E-state index is 14.7. The number of ether oxygens (including phenoxy) is 1. The van der Waals surface area contributed by atoms with E-state index in [9.17, 15) is 13.2 Å². The van der Waals surface area contributed by atoms with E-state index in [1.807, 2.05) is 19.1 Å². The van der Waals surface area contributed by atoms with Gasteiger partial charge in [0.05, 0.1) is 5.56 Å². The highest BCUT2D eigenvalue weighted by Gasteiger charge is 2.37. The SMILES string of the molecule is Cc1ccc(OC(F)(F)c2ccc(-c3ccc(C4CCC(C[Si])CC4)cc3)cc2F)cc1. The molecule has 3 aromatic rings. The summed E-state index contributed by atoms with van der Waals surface area (Å²) in [6.45, 7) is 1.85. The zero-order valence-electron chi connectivity index (χ0n) is 18.1. The second-order valence-corrected chi connectivity index (χ2v) is 9.08. The zero-order chi connectivity index (χ0) is 22.7. The number of alkyl halides is 2. The first-order valence-corrected chi connectivity index (χ1v) is 11.7. The van der Waals surface area contributed by atoms with E-state index in [4.69, 9.17) is 4.74 Å². The highest BCUT2D eigenvalue weighted by Crippen LogP contribution is 2.38. The maximum Gasteiger partial charge on any atom is 0.429 e. The van der Waals surface area contributed by atoms with Crippen LogP contribution in [0.3, 0.4) is 0 Å². The number of halogens is 3. The van der Waals surface area contributed by atoms with Gasteiger partial charge in [-0.1, -0.05) is 66.9 Å². The lowest BCUT2D eigenvalue weighted by atomic mass is 9.79. The molecule has 0 amide bonds. The molecule has 3 radical (unpaired) electrons. The summed E-state index contributed by atoms with van der Waals surface area (Å²) in [6, 6.07) is 19.1. The zero-order valence-corrected chi connectivity index (χ0v) is 19.1. The minimum absolute atomic E-state index is 0.00951. The highest BCUT2D eigenvalue weighted by molar-refractivity contribution is 6.08. The fourth-order valence-corrected chi connectivity index (χ4v) is 4.80. The standard InChI is InChI=1S/C27H26F3OSi/c1-18-2-13-24(14-3-18)31-27(29,30)25-15-12-23(16-26(25)28)22-10-8-21(9-11-22)20-6-4-19(17-32)5-7-20/h2-3,8-16,19-20H,4-7,17H2,1H3.